The lowest BCUT2D eigenvalue weighted by atomic mass is 9.92. The highest BCUT2D eigenvalue weighted by atomic mass is 16.5. The molecule has 1 aliphatic rings. The van der Waals surface area contributed by atoms with Crippen LogP contribution in [0.25, 0.3) is 11.3 Å². The Morgan fingerprint density at radius 2 is 2.00 bits per heavy atom. The zero-order chi connectivity index (χ0) is 19.7. The summed E-state index contributed by atoms with van der Waals surface area (Å²) in [5, 5.41) is 0. The van der Waals surface area contributed by atoms with Gasteiger partial charge in [-0.1, -0.05) is 6.07 Å². The van der Waals surface area contributed by atoms with Gasteiger partial charge in [-0.2, -0.15) is 0 Å². The van der Waals surface area contributed by atoms with Gasteiger partial charge < -0.3 is 21.1 Å². The summed E-state index contributed by atoms with van der Waals surface area (Å²) in [6, 6.07) is 7.96. The van der Waals surface area contributed by atoms with E-state index in [1.165, 1.54) is 16.7 Å². The summed E-state index contributed by atoms with van der Waals surface area (Å²) in [4.78, 5) is 15.3. The van der Waals surface area contributed by atoms with E-state index >= 15 is 0 Å². The van der Waals surface area contributed by atoms with Gasteiger partial charge in [-0.25, -0.2) is 15.0 Å². The first kappa shape index (κ1) is 18.2. The van der Waals surface area contributed by atoms with Crippen LogP contribution in [0.15, 0.2) is 36.7 Å². The van der Waals surface area contributed by atoms with Crippen molar-refractivity contribution in [3.8, 4) is 17.1 Å². The van der Waals surface area contributed by atoms with E-state index < -0.39 is 0 Å². The van der Waals surface area contributed by atoms with Gasteiger partial charge >= 0.3 is 0 Å². The summed E-state index contributed by atoms with van der Waals surface area (Å²) in [7, 11) is 2.14. The first-order valence-corrected chi connectivity index (χ1v) is 9.26. The Kier molecular flexibility index (Phi) is 4.83. The van der Waals surface area contributed by atoms with Crippen LogP contribution < -0.4 is 16.2 Å². The lowest BCUT2D eigenvalue weighted by Crippen LogP contribution is -2.27. The number of aromatic nitrogens is 3. The number of anilines is 2. The molecule has 0 bridgehead atoms. The summed E-state index contributed by atoms with van der Waals surface area (Å²) < 4.78 is 5.80. The normalized spacial score (nSPS) is 13.9. The summed E-state index contributed by atoms with van der Waals surface area (Å²) in [5.41, 5.74) is 18.3. The molecule has 7 heteroatoms. The van der Waals surface area contributed by atoms with Gasteiger partial charge in [0.25, 0.3) is 5.88 Å². The third kappa shape index (κ3) is 3.75. The Labute approximate surface area is 164 Å². The lowest BCUT2D eigenvalue weighted by Gasteiger charge is -2.27. The van der Waals surface area contributed by atoms with Crippen molar-refractivity contribution in [2.75, 3.05) is 25.1 Å². The number of nitrogens with two attached hydrogens (primary N) is 2. The highest BCUT2D eigenvalue weighted by Gasteiger charge is 2.17. The zero-order valence-corrected chi connectivity index (χ0v) is 16.1. The largest absolute Gasteiger partial charge is 0.470 e. The maximum atomic E-state index is 5.97. The number of nitrogens with zero attached hydrogens (tertiary/aromatic N) is 4. The number of fused-ring (bicyclic) bond motifs is 1. The monoisotopic (exact) mass is 376 g/mol. The number of aryl methyl sites for hydroxylation is 1. The van der Waals surface area contributed by atoms with E-state index in [0.29, 0.717) is 18.3 Å². The molecule has 0 fully saturated rings. The van der Waals surface area contributed by atoms with Gasteiger partial charge in [-0.3, -0.25) is 0 Å². The number of benzene rings is 1. The molecule has 0 saturated heterocycles. The van der Waals surface area contributed by atoms with Gasteiger partial charge in [-0.15, -0.1) is 0 Å². The van der Waals surface area contributed by atoms with Crippen molar-refractivity contribution in [1.82, 2.24) is 19.9 Å². The molecular formula is C21H24N6O. The maximum absolute atomic E-state index is 5.97. The molecular weight excluding hydrogens is 352 g/mol. The molecule has 7 nitrogen and oxygen atoms in total. The Morgan fingerprint density at radius 3 is 2.79 bits per heavy atom. The predicted octanol–water partition coefficient (Wildman–Crippen LogP) is 2.58. The SMILES string of the molecule is Cc1cc(-c2cnc(N)c(OCc3ccc(N)nc3)n2)cc2c1CCN(C)C2. The Hall–Kier alpha value is -3.19. The van der Waals surface area contributed by atoms with Crippen molar-refractivity contribution in [3.05, 3.63) is 58.9 Å². The van der Waals surface area contributed by atoms with Crippen LogP contribution in [0.3, 0.4) is 0 Å². The Balaban J connectivity index is 1.61. The van der Waals surface area contributed by atoms with Crippen molar-refractivity contribution >= 4 is 11.6 Å². The fourth-order valence-electron chi connectivity index (χ4n) is 3.51. The van der Waals surface area contributed by atoms with Gasteiger partial charge in [0.05, 0.1) is 11.9 Å². The molecule has 0 aliphatic carbocycles. The number of ether oxygens (including phenoxy) is 1. The van der Waals surface area contributed by atoms with Crippen molar-refractivity contribution < 1.29 is 4.74 Å². The first-order chi connectivity index (χ1) is 13.5. The van der Waals surface area contributed by atoms with Crippen molar-refractivity contribution in [2.45, 2.75) is 26.5 Å². The molecule has 0 atom stereocenters. The predicted molar refractivity (Wildman–Crippen MR) is 110 cm³/mol. The van der Waals surface area contributed by atoms with Gasteiger partial charge in [0, 0.05) is 30.4 Å². The van der Waals surface area contributed by atoms with Gasteiger partial charge in [0.2, 0.25) is 0 Å². The standard InChI is InChI=1S/C21H24N6O/c1-13-7-15(8-16-11-27(2)6-5-17(13)16)18-10-25-20(23)21(26-18)28-12-14-3-4-19(22)24-9-14/h3-4,7-10H,5-6,11-12H2,1-2H3,(H2,22,24)(H2,23,25). The molecule has 1 aliphatic heterocycles. The molecule has 1 aromatic carbocycles. The van der Waals surface area contributed by atoms with Crippen LogP contribution in [0.5, 0.6) is 5.88 Å². The minimum atomic E-state index is 0.265. The average Bonchev–Trinajstić information content (AvgIpc) is 2.68. The van der Waals surface area contributed by atoms with Crippen LogP contribution >= 0.6 is 0 Å². The lowest BCUT2D eigenvalue weighted by molar-refractivity contribution is 0.294. The van der Waals surface area contributed by atoms with Crippen LogP contribution in [-0.2, 0) is 19.6 Å². The Bertz CT molecular complexity index is 1000. The minimum Gasteiger partial charge on any atom is -0.470 e. The fraction of sp³-hybridized carbons (Fsp3) is 0.286. The van der Waals surface area contributed by atoms with Crippen molar-refractivity contribution in [3.63, 3.8) is 0 Å². The second kappa shape index (κ2) is 7.44. The summed E-state index contributed by atoms with van der Waals surface area (Å²) >= 11 is 0. The molecule has 0 amide bonds. The quantitative estimate of drug-likeness (QED) is 0.721. The van der Waals surface area contributed by atoms with Crippen LogP contribution in [0, 0.1) is 6.92 Å². The second-order valence-electron chi connectivity index (χ2n) is 7.24. The van der Waals surface area contributed by atoms with Crippen molar-refractivity contribution in [2.24, 2.45) is 0 Å². The minimum absolute atomic E-state index is 0.265. The maximum Gasteiger partial charge on any atom is 0.258 e. The fourth-order valence-corrected chi connectivity index (χ4v) is 3.51. The summed E-state index contributed by atoms with van der Waals surface area (Å²) in [6.07, 6.45) is 4.45. The van der Waals surface area contributed by atoms with Crippen LogP contribution in [0.1, 0.15) is 22.3 Å². The number of rotatable bonds is 4. The average molecular weight is 376 g/mol. The molecule has 0 spiro atoms. The molecule has 144 valence electrons. The van der Waals surface area contributed by atoms with E-state index in [1.54, 1.807) is 18.5 Å². The molecule has 28 heavy (non-hydrogen) atoms. The number of nitrogen functional groups attached to an aromatic ring is 2. The van der Waals surface area contributed by atoms with Gasteiger partial charge in [0.1, 0.15) is 12.4 Å². The van der Waals surface area contributed by atoms with E-state index in [4.69, 9.17) is 16.2 Å². The number of pyridine rings is 1. The molecule has 0 unspecified atom stereocenters. The molecule has 4 N–H and O–H groups in total. The molecule has 3 heterocycles. The Morgan fingerprint density at radius 1 is 1.14 bits per heavy atom. The smallest absolute Gasteiger partial charge is 0.258 e. The van der Waals surface area contributed by atoms with Gasteiger partial charge in [0.15, 0.2) is 5.82 Å². The van der Waals surface area contributed by atoms with Crippen LogP contribution in [0.4, 0.5) is 11.6 Å². The number of hydrogen-bond donors (Lipinski definition) is 2. The third-order valence-electron chi connectivity index (χ3n) is 5.04. The summed E-state index contributed by atoms with van der Waals surface area (Å²) in [5.74, 6) is 1.06. The molecule has 2 aromatic heterocycles. The zero-order valence-electron chi connectivity index (χ0n) is 16.1. The molecule has 4 rings (SSSR count). The van der Waals surface area contributed by atoms with Crippen LogP contribution in [0.2, 0.25) is 0 Å². The van der Waals surface area contributed by atoms with E-state index in [0.717, 1.165) is 36.3 Å². The highest BCUT2D eigenvalue weighted by molar-refractivity contribution is 5.64. The first-order valence-electron chi connectivity index (χ1n) is 9.26. The number of hydrogen-bond acceptors (Lipinski definition) is 7. The topological polar surface area (TPSA) is 103 Å². The van der Waals surface area contributed by atoms with Crippen LogP contribution in [-0.4, -0.2) is 33.4 Å². The van der Waals surface area contributed by atoms with Gasteiger partial charge in [-0.05, 0) is 55.3 Å². The van der Waals surface area contributed by atoms with E-state index in [-0.39, 0.29) is 5.82 Å². The van der Waals surface area contributed by atoms with Crippen molar-refractivity contribution in [1.29, 1.82) is 0 Å². The molecule has 0 radical (unpaired) electrons. The molecule has 0 saturated carbocycles. The summed E-state index contributed by atoms with van der Waals surface area (Å²) in [6.45, 7) is 4.49. The third-order valence-corrected chi connectivity index (χ3v) is 5.04. The van der Waals surface area contributed by atoms with E-state index in [9.17, 15) is 0 Å². The second-order valence-corrected chi connectivity index (χ2v) is 7.24. The molecule has 3 aromatic rings. The highest BCUT2D eigenvalue weighted by Crippen LogP contribution is 2.29. The van der Waals surface area contributed by atoms with E-state index in [1.807, 2.05) is 6.07 Å². The van der Waals surface area contributed by atoms with E-state index in [2.05, 4.69) is 46.0 Å². The number of likely N-dealkylation sites (N-methyl/N-ethyl adjacent to an activating group) is 1.